The van der Waals surface area contributed by atoms with Crippen molar-refractivity contribution in [3.05, 3.63) is 44.7 Å². The monoisotopic (exact) mass is 289 g/mol. The highest BCUT2D eigenvalue weighted by atomic mass is 35.5. The van der Waals surface area contributed by atoms with Gasteiger partial charge in [0.15, 0.2) is 0 Å². The van der Waals surface area contributed by atoms with Crippen molar-refractivity contribution in [2.75, 3.05) is 0 Å². The molecule has 17 heavy (non-hydrogen) atoms. The SMILES string of the molecule is CC(Cc1cn[nH]n1)c1c(Cl)ccc(Cl)c1Cl. The molecule has 0 bridgehead atoms. The first-order valence-electron chi connectivity index (χ1n) is 5.07. The van der Waals surface area contributed by atoms with Crippen LogP contribution >= 0.6 is 34.8 Å². The molecule has 2 aromatic rings. The number of aromatic nitrogens is 3. The van der Waals surface area contributed by atoms with E-state index in [9.17, 15) is 0 Å². The average Bonchev–Trinajstić information content (AvgIpc) is 2.77. The Balaban J connectivity index is 2.30. The minimum absolute atomic E-state index is 0.124. The summed E-state index contributed by atoms with van der Waals surface area (Å²) < 4.78 is 0. The van der Waals surface area contributed by atoms with Gasteiger partial charge in [0.25, 0.3) is 0 Å². The maximum Gasteiger partial charge on any atom is 0.0830 e. The largest absolute Gasteiger partial charge is 0.198 e. The maximum absolute atomic E-state index is 6.17. The Kier molecular flexibility index (Phi) is 3.92. The molecule has 0 aliphatic rings. The van der Waals surface area contributed by atoms with Crippen LogP contribution in [0.2, 0.25) is 15.1 Å². The molecule has 1 heterocycles. The minimum atomic E-state index is 0.124. The molecular formula is C11H10Cl3N3. The van der Waals surface area contributed by atoms with E-state index in [0.29, 0.717) is 21.5 Å². The van der Waals surface area contributed by atoms with Crippen LogP contribution in [0, 0.1) is 0 Å². The maximum atomic E-state index is 6.17. The van der Waals surface area contributed by atoms with Gasteiger partial charge in [0.2, 0.25) is 0 Å². The lowest BCUT2D eigenvalue weighted by Gasteiger charge is -2.15. The van der Waals surface area contributed by atoms with Crippen molar-refractivity contribution in [3.8, 4) is 0 Å². The van der Waals surface area contributed by atoms with E-state index in [2.05, 4.69) is 15.4 Å². The molecule has 1 atom stereocenters. The van der Waals surface area contributed by atoms with Crippen molar-refractivity contribution in [1.29, 1.82) is 0 Å². The van der Waals surface area contributed by atoms with E-state index >= 15 is 0 Å². The molecule has 0 saturated carbocycles. The molecule has 1 aromatic heterocycles. The Bertz CT molecular complexity index is 511. The topological polar surface area (TPSA) is 41.6 Å². The fourth-order valence-corrected chi connectivity index (χ4v) is 2.64. The minimum Gasteiger partial charge on any atom is -0.198 e. The molecule has 0 aliphatic carbocycles. The Hall–Kier alpha value is -0.770. The number of benzene rings is 1. The predicted octanol–water partition coefficient (Wildman–Crippen LogP) is 4.11. The van der Waals surface area contributed by atoms with Gasteiger partial charge in [-0.3, -0.25) is 0 Å². The standard InChI is InChI=1S/C11H10Cl3N3/c1-6(4-7-5-15-17-16-7)10-8(12)2-3-9(13)11(10)14/h2-3,5-6H,4H2,1H3,(H,15,16,17). The number of hydrogen-bond acceptors (Lipinski definition) is 2. The molecule has 2 rings (SSSR count). The van der Waals surface area contributed by atoms with Gasteiger partial charge in [-0.1, -0.05) is 41.7 Å². The van der Waals surface area contributed by atoms with E-state index in [1.54, 1.807) is 18.3 Å². The van der Waals surface area contributed by atoms with Crippen molar-refractivity contribution in [2.45, 2.75) is 19.3 Å². The van der Waals surface area contributed by atoms with Crippen molar-refractivity contribution < 1.29 is 0 Å². The number of hydrogen-bond donors (Lipinski definition) is 1. The first-order chi connectivity index (χ1) is 8.09. The Morgan fingerprint density at radius 1 is 1.24 bits per heavy atom. The van der Waals surface area contributed by atoms with Crippen LogP contribution in [0.25, 0.3) is 0 Å². The summed E-state index contributed by atoms with van der Waals surface area (Å²) in [6, 6.07) is 3.45. The van der Waals surface area contributed by atoms with Gasteiger partial charge in [-0.25, -0.2) is 0 Å². The molecule has 0 radical (unpaired) electrons. The number of halogens is 3. The highest BCUT2D eigenvalue weighted by Crippen LogP contribution is 2.37. The molecule has 0 amide bonds. The van der Waals surface area contributed by atoms with Gasteiger partial charge in [0.05, 0.1) is 21.9 Å². The first kappa shape index (κ1) is 12.7. The number of nitrogens with one attached hydrogen (secondary N) is 1. The van der Waals surface area contributed by atoms with E-state index in [4.69, 9.17) is 34.8 Å². The van der Waals surface area contributed by atoms with Crippen LogP contribution < -0.4 is 0 Å². The van der Waals surface area contributed by atoms with Crippen LogP contribution in [-0.4, -0.2) is 15.4 Å². The molecule has 1 aromatic carbocycles. The zero-order valence-corrected chi connectivity index (χ0v) is 11.3. The van der Waals surface area contributed by atoms with E-state index in [1.165, 1.54) is 0 Å². The zero-order chi connectivity index (χ0) is 12.4. The van der Waals surface area contributed by atoms with Crippen LogP contribution in [0.15, 0.2) is 18.3 Å². The van der Waals surface area contributed by atoms with E-state index in [1.807, 2.05) is 6.92 Å². The lowest BCUT2D eigenvalue weighted by molar-refractivity contribution is 0.736. The van der Waals surface area contributed by atoms with Crippen molar-refractivity contribution >= 4 is 34.8 Å². The molecule has 0 saturated heterocycles. The van der Waals surface area contributed by atoms with E-state index in [-0.39, 0.29) is 5.92 Å². The van der Waals surface area contributed by atoms with Gasteiger partial charge in [0, 0.05) is 5.02 Å². The second-order valence-corrected chi connectivity index (χ2v) is 5.02. The molecule has 1 unspecified atom stereocenters. The van der Waals surface area contributed by atoms with Gasteiger partial charge >= 0.3 is 0 Å². The molecule has 0 spiro atoms. The lowest BCUT2D eigenvalue weighted by atomic mass is 9.96. The van der Waals surface area contributed by atoms with Crippen LogP contribution in [0.4, 0.5) is 0 Å². The Labute approximate surface area is 114 Å². The van der Waals surface area contributed by atoms with Gasteiger partial charge in [0.1, 0.15) is 0 Å². The summed E-state index contributed by atoms with van der Waals surface area (Å²) in [6.45, 7) is 2.03. The molecule has 0 fully saturated rings. The summed E-state index contributed by atoms with van der Waals surface area (Å²) in [4.78, 5) is 0. The van der Waals surface area contributed by atoms with Gasteiger partial charge in [-0.2, -0.15) is 15.4 Å². The van der Waals surface area contributed by atoms with Crippen molar-refractivity contribution in [2.24, 2.45) is 0 Å². The number of aromatic amines is 1. The van der Waals surface area contributed by atoms with E-state index in [0.717, 1.165) is 11.3 Å². The van der Waals surface area contributed by atoms with Crippen molar-refractivity contribution in [1.82, 2.24) is 15.4 Å². The van der Waals surface area contributed by atoms with Crippen LogP contribution in [0.3, 0.4) is 0 Å². The first-order valence-corrected chi connectivity index (χ1v) is 6.21. The van der Waals surface area contributed by atoms with Crippen molar-refractivity contribution in [3.63, 3.8) is 0 Å². The molecule has 3 nitrogen and oxygen atoms in total. The fourth-order valence-electron chi connectivity index (χ4n) is 1.73. The van der Waals surface area contributed by atoms with Gasteiger partial charge in [-0.15, -0.1) is 0 Å². The summed E-state index contributed by atoms with van der Waals surface area (Å²) in [5.41, 5.74) is 1.72. The van der Waals surface area contributed by atoms with Crippen LogP contribution in [0.5, 0.6) is 0 Å². The summed E-state index contributed by atoms with van der Waals surface area (Å²) in [6.07, 6.45) is 2.39. The van der Waals surface area contributed by atoms with Crippen LogP contribution in [0.1, 0.15) is 24.1 Å². The number of nitrogens with zero attached hydrogens (tertiary/aromatic N) is 2. The number of H-pyrrole nitrogens is 1. The second kappa shape index (κ2) is 5.25. The summed E-state index contributed by atoms with van der Waals surface area (Å²) in [7, 11) is 0. The Morgan fingerprint density at radius 2 is 1.94 bits per heavy atom. The molecule has 90 valence electrons. The fraction of sp³-hybridized carbons (Fsp3) is 0.273. The lowest BCUT2D eigenvalue weighted by Crippen LogP contribution is -2.01. The highest BCUT2D eigenvalue weighted by Gasteiger charge is 2.17. The second-order valence-electron chi connectivity index (χ2n) is 3.82. The normalized spacial score (nSPS) is 12.7. The predicted molar refractivity (Wildman–Crippen MR) is 70.0 cm³/mol. The molecular weight excluding hydrogens is 281 g/mol. The average molecular weight is 291 g/mol. The third kappa shape index (κ3) is 2.73. The molecule has 1 N–H and O–H groups in total. The van der Waals surface area contributed by atoms with Crippen LogP contribution in [-0.2, 0) is 6.42 Å². The third-order valence-electron chi connectivity index (χ3n) is 2.55. The van der Waals surface area contributed by atoms with E-state index < -0.39 is 0 Å². The Morgan fingerprint density at radius 3 is 2.59 bits per heavy atom. The third-order valence-corrected chi connectivity index (χ3v) is 3.70. The summed E-state index contributed by atoms with van der Waals surface area (Å²) >= 11 is 18.3. The van der Waals surface area contributed by atoms with Gasteiger partial charge in [-0.05, 0) is 30.0 Å². The molecule has 0 aliphatic heterocycles. The zero-order valence-electron chi connectivity index (χ0n) is 9.04. The molecule has 6 heteroatoms. The quantitative estimate of drug-likeness (QED) is 0.864. The number of rotatable bonds is 3. The smallest absolute Gasteiger partial charge is 0.0830 e. The summed E-state index contributed by atoms with van der Waals surface area (Å²) in [5, 5.41) is 12.0. The van der Waals surface area contributed by atoms with Gasteiger partial charge < -0.3 is 0 Å². The highest BCUT2D eigenvalue weighted by molar-refractivity contribution is 6.44. The summed E-state index contributed by atoms with van der Waals surface area (Å²) in [5.74, 6) is 0.124.